The lowest BCUT2D eigenvalue weighted by molar-refractivity contribution is -0.119. The Morgan fingerprint density at radius 2 is 2.08 bits per heavy atom. The normalized spacial score (nSPS) is 14.9. The minimum absolute atomic E-state index is 0.00858. The fourth-order valence-corrected chi connectivity index (χ4v) is 3.49. The maximum atomic E-state index is 12.0. The number of amides is 1. The van der Waals surface area contributed by atoms with Gasteiger partial charge in [0.2, 0.25) is 11.1 Å². The summed E-state index contributed by atoms with van der Waals surface area (Å²) in [5.41, 5.74) is 2.12. The number of aromatic nitrogens is 3. The minimum atomic E-state index is -0.00858. The second-order valence-electron chi connectivity index (χ2n) is 6.76. The van der Waals surface area contributed by atoms with Crippen LogP contribution in [0.2, 0.25) is 0 Å². The summed E-state index contributed by atoms with van der Waals surface area (Å²) in [6.07, 6.45) is 2.41. The van der Waals surface area contributed by atoms with E-state index in [0.29, 0.717) is 16.9 Å². The molecule has 1 unspecified atom stereocenters. The topological polar surface area (TPSA) is 95.1 Å². The van der Waals surface area contributed by atoms with Crippen LogP contribution in [0.5, 0.6) is 5.75 Å². The molecule has 140 valence electrons. The van der Waals surface area contributed by atoms with Gasteiger partial charge in [0.1, 0.15) is 12.4 Å². The van der Waals surface area contributed by atoms with Gasteiger partial charge in [-0.3, -0.25) is 4.79 Å². The third-order valence-corrected chi connectivity index (χ3v) is 5.48. The van der Waals surface area contributed by atoms with Gasteiger partial charge in [0.05, 0.1) is 5.75 Å². The molecule has 7 nitrogen and oxygen atoms in total. The summed E-state index contributed by atoms with van der Waals surface area (Å²) >= 11 is 1.27. The smallest absolute Gasteiger partial charge is 0.230 e. The van der Waals surface area contributed by atoms with Gasteiger partial charge in [-0.05, 0) is 50.7 Å². The van der Waals surface area contributed by atoms with Crippen LogP contribution < -0.4 is 15.9 Å². The summed E-state index contributed by atoms with van der Waals surface area (Å²) in [6, 6.07) is 6.23. The third kappa shape index (κ3) is 4.49. The summed E-state index contributed by atoms with van der Waals surface area (Å²) in [4.78, 5) is 12.0. The van der Waals surface area contributed by atoms with Crippen molar-refractivity contribution in [2.45, 2.75) is 51.4 Å². The molecule has 8 heteroatoms. The molecule has 1 heterocycles. The first-order valence-electron chi connectivity index (χ1n) is 8.76. The van der Waals surface area contributed by atoms with Crippen LogP contribution in [0.1, 0.15) is 36.7 Å². The van der Waals surface area contributed by atoms with Crippen molar-refractivity contribution in [2.24, 2.45) is 5.92 Å². The number of hydrogen-bond donors (Lipinski definition) is 2. The van der Waals surface area contributed by atoms with Gasteiger partial charge in [0.15, 0.2) is 5.82 Å². The van der Waals surface area contributed by atoms with Crippen molar-refractivity contribution in [1.82, 2.24) is 20.2 Å². The summed E-state index contributed by atoms with van der Waals surface area (Å²) in [5.74, 6) is 8.29. The van der Waals surface area contributed by atoms with Gasteiger partial charge in [-0.1, -0.05) is 30.0 Å². The second kappa shape index (κ2) is 7.99. The standard InChI is InChI=1S/C18H25N5O2S/c1-11-5-4-6-12(2)17(11)25-9-15-21-22-18(23(15)19)26-10-16(24)20-13(3)14-7-8-14/h4-6,13-14H,7-10,19H2,1-3H3,(H,20,24). The molecule has 1 aromatic carbocycles. The van der Waals surface area contributed by atoms with E-state index in [1.807, 2.05) is 32.0 Å². The Morgan fingerprint density at radius 1 is 1.38 bits per heavy atom. The van der Waals surface area contributed by atoms with E-state index in [1.165, 1.54) is 29.3 Å². The van der Waals surface area contributed by atoms with Crippen LogP contribution in [0.4, 0.5) is 0 Å². The average Bonchev–Trinajstić information content (AvgIpc) is 3.39. The molecule has 26 heavy (non-hydrogen) atoms. The van der Waals surface area contributed by atoms with Crippen LogP contribution in [0, 0.1) is 19.8 Å². The van der Waals surface area contributed by atoms with Crippen molar-refractivity contribution in [3.63, 3.8) is 0 Å². The van der Waals surface area contributed by atoms with Gasteiger partial charge in [-0.15, -0.1) is 10.2 Å². The van der Waals surface area contributed by atoms with Gasteiger partial charge in [-0.2, -0.15) is 0 Å². The van der Waals surface area contributed by atoms with E-state index in [0.717, 1.165) is 16.9 Å². The largest absolute Gasteiger partial charge is 0.485 e. The van der Waals surface area contributed by atoms with Gasteiger partial charge < -0.3 is 15.9 Å². The van der Waals surface area contributed by atoms with E-state index in [1.54, 1.807) is 0 Å². The Kier molecular flexibility index (Phi) is 5.70. The van der Waals surface area contributed by atoms with Crippen molar-refractivity contribution in [3.8, 4) is 5.75 Å². The Hall–Kier alpha value is -2.22. The molecule has 1 fully saturated rings. The lowest BCUT2D eigenvalue weighted by atomic mass is 10.1. The summed E-state index contributed by atoms with van der Waals surface area (Å²) in [6.45, 7) is 6.27. The number of aryl methyl sites for hydroxylation is 2. The van der Waals surface area contributed by atoms with Crippen molar-refractivity contribution >= 4 is 17.7 Å². The molecular weight excluding hydrogens is 350 g/mol. The van der Waals surface area contributed by atoms with Crippen LogP contribution in [0.3, 0.4) is 0 Å². The van der Waals surface area contributed by atoms with E-state index in [2.05, 4.69) is 22.4 Å². The van der Waals surface area contributed by atoms with E-state index in [-0.39, 0.29) is 24.3 Å². The Labute approximate surface area is 157 Å². The molecule has 0 radical (unpaired) electrons. The molecular formula is C18H25N5O2S. The summed E-state index contributed by atoms with van der Waals surface area (Å²) in [5, 5.41) is 11.7. The molecule has 0 spiro atoms. The van der Waals surface area contributed by atoms with Crippen molar-refractivity contribution < 1.29 is 9.53 Å². The first kappa shape index (κ1) is 18.6. The van der Waals surface area contributed by atoms with E-state index in [9.17, 15) is 4.79 Å². The fraction of sp³-hybridized carbons (Fsp3) is 0.500. The molecule has 2 aromatic rings. The predicted octanol–water partition coefficient (Wildman–Crippen LogP) is 2.19. The summed E-state index contributed by atoms with van der Waals surface area (Å²) < 4.78 is 7.25. The number of nitrogens with two attached hydrogens (primary N) is 1. The molecule has 1 amide bonds. The Morgan fingerprint density at radius 3 is 2.73 bits per heavy atom. The third-order valence-electron chi connectivity index (χ3n) is 4.54. The average molecular weight is 375 g/mol. The van der Waals surface area contributed by atoms with Gasteiger partial charge in [0.25, 0.3) is 0 Å². The number of ether oxygens (including phenoxy) is 1. The van der Waals surface area contributed by atoms with Crippen LogP contribution in [-0.4, -0.2) is 32.6 Å². The number of benzene rings is 1. The van der Waals surface area contributed by atoms with Crippen LogP contribution in [0.15, 0.2) is 23.4 Å². The number of rotatable bonds is 8. The highest BCUT2D eigenvalue weighted by Gasteiger charge is 2.28. The minimum Gasteiger partial charge on any atom is -0.485 e. The molecule has 1 aliphatic carbocycles. The van der Waals surface area contributed by atoms with Gasteiger partial charge in [0, 0.05) is 6.04 Å². The van der Waals surface area contributed by atoms with Crippen LogP contribution >= 0.6 is 11.8 Å². The maximum absolute atomic E-state index is 12.0. The van der Waals surface area contributed by atoms with Crippen molar-refractivity contribution in [1.29, 1.82) is 0 Å². The van der Waals surface area contributed by atoms with Crippen LogP contribution in [0.25, 0.3) is 0 Å². The quantitative estimate of drug-likeness (QED) is 0.542. The molecule has 0 saturated heterocycles. The zero-order valence-corrected chi connectivity index (χ0v) is 16.2. The van der Waals surface area contributed by atoms with Crippen molar-refractivity contribution in [3.05, 3.63) is 35.2 Å². The van der Waals surface area contributed by atoms with E-state index < -0.39 is 0 Å². The van der Waals surface area contributed by atoms with Crippen molar-refractivity contribution in [2.75, 3.05) is 11.6 Å². The maximum Gasteiger partial charge on any atom is 0.230 e. The lowest BCUT2D eigenvalue weighted by Crippen LogP contribution is -2.35. The molecule has 1 aliphatic rings. The number of thioether (sulfide) groups is 1. The molecule has 0 bridgehead atoms. The van der Waals surface area contributed by atoms with E-state index in [4.69, 9.17) is 10.6 Å². The zero-order chi connectivity index (χ0) is 18.7. The number of nitrogen functional groups attached to an aromatic ring is 1. The number of carbonyl (C=O) groups is 1. The lowest BCUT2D eigenvalue weighted by Gasteiger charge is -2.12. The molecule has 1 atom stereocenters. The predicted molar refractivity (Wildman–Crippen MR) is 101 cm³/mol. The van der Waals surface area contributed by atoms with Gasteiger partial charge in [-0.25, -0.2) is 4.68 Å². The number of hydrogen-bond acceptors (Lipinski definition) is 6. The zero-order valence-electron chi connectivity index (χ0n) is 15.4. The van der Waals surface area contributed by atoms with Crippen LogP contribution in [-0.2, 0) is 11.4 Å². The monoisotopic (exact) mass is 375 g/mol. The first-order chi connectivity index (χ1) is 12.5. The molecule has 3 N–H and O–H groups in total. The number of nitrogens with one attached hydrogen (secondary N) is 1. The second-order valence-corrected chi connectivity index (χ2v) is 7.70. The molecule has 3 rings (SSSR count). The highest BCUT2D eigenvalue weighted by Crippen LogP contribution is 2.32. The first-order valence-corrected chi connectivity index (χ1v) is 9.74. The number of nitrogens with zero attached hydrogens (tertiary/aromatic N) is 3. The highest BCUT2D eigenvalue weighted by atomic mass is 32.2. The molecule has 0 aliphatic heterocycles. The van der Waals surface area contributed by atoms with E-state index >= 15 is 0 Å². The highest BCUT2D eigenvalue weighted by molar-refractivity contribution is 7.99. The fourth-order valence-electron chi connectivity index (χ4n) is 2.81. The molecule has 1 saturated carbocycles. The number of para-hydroxylation sites is 1. The Balaban J connectivity index is 1.53. The number of carbonyl (C=O) groups excluding carboxylic acids is 1. The summed E-state index contributed by atoms with van der Waals surface area (Å²) in [7, 11) is 0. The SMILES string of the molecule is Cc1cccc(C)c1OCc1nnc(SCC(=O)NC(C)C2CC2)n1N. The Bertz CT molecular complexity index is 768. The molecule has 1 aromatic heterocycles. The van der Waals surface area contributed by atoms with Gasteiger partial charge >= 0.3 is 0 Å².